The highest BCUT2D eigenvalue weighted by molar-refractivity contribution is 5.65. The predicted octanol–water partition coefficient (Wildman–Crippen LogP) is 1.72. The molecule has 0 heterocycles. The molecule has 0 amide bonds. The maximum absolute atomic E-state index is 5.76. The van der Waals surface area contributed by atoms with Crippen LogP contribution in [0.1, 0.15) is 6.92 Å². The number of para-hydroxylation sites is 2. The van der Waals surface area contributed by atoms with E-state index in [1.54, 1.807) is 7.11 Å². The number of ether oxygens (including phenoxy) is 1. The van der Waals surface area contributed by atoms with Crippen molar-refractivity contribution in [2.45, 2.75) is 13.0 Å². The van der Waals surface area contributed by atoms with Crippen LogP contribution >= 0.6 is 0 Å². The zero-order valence-electron chi connectivity index (χ0n) is 8.08. The normalized spacial score (nSPS) is 12.5. The third-order valence-electron chi connectivity index (χ3n) is 1.78. The topological polar surface area (TPSA) is 47.3 Å². The second-order valence-electron chi connectivity index (χ2n) is 3.09. The van der Waals surface area contributed by atoms with E-state index in [1.165, 1.54) is 0 Å². The fourth-order valence-corrected chi connectivity index (χ4v) is 1.19. The summed E-state index contributed by atoms with van der Waals surface area (Å²) < 4.78 is 5.01. The van der Waals surface area contributed by atoms with Crippen LogP contribution in [0.4, 0.5) is 11.4 Å². The average molecular weight is 180 g/mol. The minimum Gasteiger partial charge on any atom is -0.397 e. The van der Waals surface area contributed by atoms with Gasteiger partial charge < -0.3 is 15.8 Å². The van der Waals surface area contributed by atoms with Crippen LogP contribution in [0.5, 0.6) is 0 Å². The Kier molecular flexibility index (Phi) is 3.58. The predicted molar refractivity (Wildman–Crippen MR) is 55.8 cm³/mol. The molecule has 0 saturated heterocycles. The summed E-state index contributed by atoms with van der Waals surface area (Å²) in [5, 5.41) is 3.26. The Bertz CT molecular complexity index is 263. The first kappa shape index (κ1) is 9.86. The molecule has 0 aliphatic rings. The molecule has 1 atom stereocenters. The first-order valence-electron chi connectivity index (χ1n) is 4.34. The van der Waals surface area contributed by atoms with Crippen LogP contribution in [-0.4, -0.2) is 19.8 Å². The number of benzene rings is 1. The van der Waals surface area contributed by atoms with Gasteiger partial charge in [0.2, 0.25) is 0 Å². The van der Waals surface area contributed by atoms with E-state index in [1.807, 2.05) is 24.3 Å². The second kappa shape index (κ2) is 4.72. The molecular formula is C10H16N2O. The lowest BCUT2D eigenvalue weighted by molar-refractivity contribution is 0.190. The van der Waals surface area contributed by atoms with Crippen molar-refractivity contribution in [2.75, 3.05) is 24.8 Å². The fourth-order valence-electron chi connectivity index (χ4n) is 1.19. The lowest BCUT2D eigenvalue weighted by Crippen LogP contribution is -2.21. The van der Waals surface area contributed by atoms with E-state index in [0.717, 1.165) is 11.4 Å². The molecule has 0 spiro atoms. The smallest absolute Gasteiger partial charge is 0.0661 e. The van der Waals surface area contributed by atoms with E-state index < -0.39 is 0 Å². The monoisotopic (exact) mass is 180 g/mol. The van der Waals surface area contributed by atoms with Crippen LogP contribution < -0.4 is 11.1 Å². The Labute approximate surface area is 78.9 Å². The van der Waals surface area contributed by atoms with Crippen molar-refractivity contribution in [1.82, 2.24) is 0 Å². The molecule has 0 bridgehead atoms. The van der Waals surface area contributed by atoms with E-state index in [-0.39, 0.29) is 6.04 Å². The molecule has 0 saturated carbocycles. The molecule has 3 nitrogen and oxygen atoms in total. The maximum Gasteiger partial charge on any atom is 0.0661 e. The molecular weight excluding hydrogens is 164 g/mol. The third-order valence-corrected chi connectivity index (χ3v) is 1.78. The molecule has 0 radical (unpaired) electrons. The zero-order chi connectivity index (χ0) is 9.68. The minimum atomic E-state index is 0.273. The average Bonchev–Trinajstić information content (AvgIpc) is 2.09. The van der Waals surface area contributed by atoms with Crippen LogP contribution in [0.3, 0.4) is 0 Å². The molecule has 13 heavy (non-hydrogen) atoms. The number of nitrogen functional groups attached to an aromatic ring is 1. The first-order chi connectivity index (χ1) is 6.24. The van der Waals surface area contributed by atoms with Crippen LogP contribution in [0.2, 0.25) is 0 Å². The highest BCUT2D eigenvalue weighted by Gasteiger charge is 2.02. The molecule has 1 aromatic carbocycles. The summed E-state index contributed by atoms with van der Waals surface area (Å²) in [5.41, 5.74) is 7.50. The van der Waals surface area contributed by atoms with Crippen molar-refractivity contribution in [1.29, 1.82) is 0 Å². The fraction of sp³-hybridized carbons (Fsp3) is 0.400. The molecule has 1 unspecified atom stereocenters. The molecule has 72 valence electrons. The van der Waals surface area contributed by atoms with Gasteiger partial charge in [-0.1, -0.05) is 12.1 Å². The Morgan fingerprint density at radius 2 is 2.15 bits per heavy atom. The second-order valence-corrected chi connectivity index (χ2v) is 3.09. The summed E-state index contributed by atoms with van der Waals surface area (Å²) in [5.74, 6) is 0. The quantitative estimate of drug-likeness (QED) is 0.693. The van der Waals surface area contributed by atoms with Crippen molar-refractivity contribution in [3.05, 3.63) is 24.3 Å². The van der Waals surface area contributed by atoms with Crippen molar-refractivity contribution in [2.24, 2.45) is 0 Å². The van der Waals surface area contributed by atoms with Crippen LogP contribution in [0.25, 0.3) is 0 Å². The number of methoxy groups -OCH3 is 1. The van der Waals surface area contributed by atoms with Gasteiger partial charge in [-0.3, -0.25) is 0 Å². The number of anilines is 2. The largest absolute Gasteiger partial charge is 0.397 e. The van der Waals surface area contributed by atoms with Gasteiger partial charge in [-0.2, -0.15) is 0 Å². The van der Waals surface area contributed by atoms with Gasteiger partial charge in [0.25, 0.3) is 0 Å². The molecule has 0 fully saturated rings. The van der Waals surface area contributed by atoms with E-state index in [4.69, 9.17) is 10.5 Å². The van der Waals surface area contributed by atoms with Gasteiger partial charge in [0, 0.05) is 13.2 Å². The lowest BCUT2D eigenvalue weighted by Gasteiger charge is -2.15. The number of nitrogens with two attached hydrogens (primary N) is 1. The van der Waals surface area contributed by atoms with Gasteiger partial charge in [-0.25, -0.2) is 0 Å². The minimum absolute atomic E-state index is 0.273. The van der Waals surface area contributed by atoms with E-state index in [0.29, 0.717) is 6.61 Å². The summed E-state index contributed by atoms with van der Waals surface area (Å²) in [6, 6.07) is 7.98. The summed E-state index contributed by atoms with van der Waals surface area (Å²) in [6.07, 6.45) is 0. The summed E-state index contributed by atoms with van der Waals surface area (Å²) >= 11 is 0. The van der Waals surface area contributed by atoms with Crippen LogP contribution in [-0.2, 0) is 4.74 Å². The molecule has 0 aliphatic carbocycles. The van der Waals surface area contributed by atoms with Crippen molar-refractivity contribution < 1.29 is 4.74 Å². The Balaban J connectivity index is 2.58. The lowest BCUT2D eigenvalue weighted by atomic mass is 10.2. The highest BCUT2D eigenvalue weighted by atomic mass is 16.5. The number of nitrogens with one attached hydrogen (secondary N) is 1. The maximum atomic E-state index is 5.76. The zero-order valence-corrected chi connectivity index (χ0v) is 8.08. The van der Waals surface area contributed by atoms with Gasteiger partial charge in [0.05, 0.1) is 18.0 Å². The highest BCUT2D eigenvalue weighted by Crippen LogP contribution is 2.17. The number of hydrogen-bond donors (Lipinski definition) is 2. The molecule has 1 aromatic rings. The van der Waals surface area contributed by atoms with E-state index in [9.17, 15) is 0 Å². The number of rotatable bonds is 4. The van der Waals surface area contributed by atoms with Gasteiger partial charge in [0.1, 0.15) is 0 Å². The van der Waals surface area contributed by atoms with Gasteiger partial charge >= 0.3 is 0 Å². The Morgan fingerprint density at radius 1 is 1.46 bits per heavy atom. The Morgan fingerprint density at radius 3 is 2.77 bits per heavy atom. The van der Waals surface area contributed by atoms with Gasteiger partial charge in [0.15, 0.2) is 0 Å². The molecule has 1 rings (SSSR count). The standard InChI is InChI=1S/C10H16N2O/c1-8(7-13-2)12-10-6-4-3-5-9(10)11/h3-6,8,12H,7,11H2,1-2H3. The van der Waals surface area contributed by atoms with Crippen LogP contribution in [0, 0.1) is 0 Å². The molecule has 3 heteroatoms. The van der Waals surface area contributed by atoms with Crippen molar-refractivity contribution >= 4 is 11.4 Å². The SMILES string of the molecule is COCC(C)Nc1ccccc1N. The molecule has 3 N–H and O–H groups in total. The summed E-state index contributed by atoms with van der Waals surface area (Å²) in [6.45, 7) is 2.73. The molecule has 0 aromatic heterocycles. The number of hydrogen-bond acceptors (Lipinski definition) is 3. The van der Waals surface area contributed by atoms with Crippen molar-refractivity contribution in [3.63, 3.8) is 0 Å². The van der Waals surface area contributed by atoms with Gasteiger partial charge in [-0.05, 0) is 19.1 Å². The third kappa shape index (κ3) is 2.95. The van der Waals surface area contributed by atoms with E-state index in [2.05, 4.69) is 12.2 Å². The Hall–Kier alpha value is -1.22. The van der Waals surface area contributed by atoms with Gasteiger partial charge in [-0.15, -0.1) is 0 Å². The first-order valence-corrected chi connectivity index (χ1v) is 4.34. The van der Waals surface area contributed by atoms with E-state index >= 15 is 0 Å². The van der Waals surface area contributed by atoms with Crippen LogP contribution in [0.15, 0.2) is 24.3 Å². The van der Waals surface area contributed by atoms with Crippen molar-refractivity contribution in [3.8, 4) is 0 Å². The summed E-state index contributed by atoms with van der Waals surface area (Å²) in [4.78, 5) is 0. The summed E-state index contributed by atoms with van der Waals surface area (Å²) in [7, 11) is 1.69. The molecule has 0 aliphatic heterocycles.